The summed E-state index contributed by atoms with van der Waals surface area (Å²) >= 11 is 0. The molecule has 8 heteroatoms. The number of esters is 1. The van der Waals surface area contributed by atoms with Crippen LogP contribution < -0.4 is 5.32 Å². The van der Waals surface area contributed by atoms with Crippen molar-refractivity contribution in [2.45, 2.75) is 39.2 Å². The average molecular weight is 414 g/mol. The molecule has 1 aromatic heterocycles. The Balaban J connectivity index is 2.36. The smallest absolute Gasteiger partial charge is 0.413 e. The lowest BCUT2D eigenvalue weighted by molar-refractivity contribution is -0.159. The van der Waals surface area contributed by atoms with E-state index in [4.69, 9.17) is 9.47 Å². The number of amides is 1. The van der Waals surface area contributed by atoms with Gasteiger partial charge in [0.1, 0.15) is 11.4 Å². The zero-order chi connectivity index (χ0) is 22.3. The molecule has 0 aliphatic carbocycles. The fourth-order valence-corrected chi connectivity index (χ4v) is 2.92. The second-order valence-corrected chi connectivity index (χ2v) is 7.56. The number of anilines is 1. The minimum atomic E-state index is -1.45. The lowest BCUT2D eigenvalue weighted by Gasteiger charge is -2.23. The molecule has 2 atom stereocenters. The second kappa shape index (κ2) is 9.87. The third-order valence-electron chi connectivity index (χ3n) is 4.07. The first-order valence-electron chi connectivity index (χ1n) is 9.52. The van der Waals surface area contributed by atoms with Crippen LogP contribution in [0.2, 0.25) is 0 Å². The highest BCUT2D eigenvalue weighted by atomic mass is 16.6. The summed E-state index contributed by atoms with van der Waals surface area (Å²) in [5.74, 6) is -4.14. The van der Waals surface area contributed by atoms with Crippen LogP contribution in [-0.4, -0.2) is 40.3 Å². The standard InChI is InChI=1S/C22H26N2O6/c1-5-29-20(27)18(19(25)26)17(14-9-7-6-8-10-14)15-11-12-16(23-13-15)24-21(28)30-22(2,3)4/h6-13,17-18H,5H2,1-4H3,(H,25,26)(H,23,24,28). The number of carbonyl (C=O) groups excluding carboxylic acids is 2. The van der Waals surface area contributed by atoms with Crippen LogP contribution >= 0.6 is 0 Å². The first-order valence-corrected chi connectivity index (χ1v) is 9.52. The number of rotatable bonds is 7. The molecule has 0 bridgehead atoms. The van der Waals surface area contributed by atoms with Crippen molar-refractivity contribution in [1.82, 2.24) is 4.98 Å². The van der Waals surface area contributed by atoms with Gasteiger partial charge in [-0.05, 0) is 44.9 Å². The Morgan fingerprint density at radius 3 is 2.23 bits per heavy atom. The molecule has 2 aromatic rings. The van der Waals surface area contributed by atoms with Crippen LogP contribution in [0.25, 0.3) is 0 Å². The van der Waals surface area contributed by atoms with Gasteiger partial charge in [-0.15, -0.1) is 0 Å². The van der Waals surface area contributed by atoms with Gasteiger partial charge in [0, 0.05) is 12.1 Å². The van der Waals surface area contributed by atoms with Crippen molar-refractivity contribution >= 4 is 23.8 Å². The molecule has 2 N–H and O–H groups in total. The maximum atomic E-state index is 12.4. The van der Waals surface area contributed by atoms with Crippen LogP contribution in [-0.2, 0) is 19.1 Å². The molecular formula is C22H26N2O6. The van der Waals surface area contributed by atoms with Crippen LogP contribution in [0.3, 0.4) is 0 Å². The summed E-state index contributed by atoms with van der Waals surface area (Å²) < 4.78 is 10.2. The minimum Gasteiger partial charge on any atom is -0.481 e. The summed E-state index contributed by atoms with van der Waals surface area (Å²) in [6, 6.07) is 12.0. The van der Waals surface area contributed by atoms with E-state index < -0.39 is 35.5 Å². The molecule has 30 heavy (non-hydrogen) atoms. The predicted octanol–water partition coefficient (Wildman–Crippen LogP) is 3.82. The van der Waals surface area contributed by atoms with Gasteiger partial charge in [0.25, 0.3) is 0 Å². The number of carbonyl (C=O) groups is 3. The SMILES string of the molecule is CCOC(=O)C(C(=O)O)C(c1ccccc1)c1ccc(NC(=O)OC(C)(C)C)nc1. The van der Waals surface area contributed by atoms with E-state index in [0.717, 1.165) is 0 Å². The third kappa shape index (κ3) is 6.30. The summed E-state index contributed by atoms with van der Waals surface area (Å²) in [7, 11) is 0. The van der Waals surface area contributed by atoms with Crippen molar-refractivity contribution in [2.24, 2.45) is 5.92 Å². The molecule has 0 aliphatic heterocycles. The highest BCUT2D eigenvalue weighted by Crippen LogP contribution is 2.33. The van der Waals surface area contributed by atoms with Crippen LogP contribution in [0.5, 0.6) is 0 Å². The van der Waals surface area contributed by atoms with Crippen molar-refractivity contribution < 1.29 is 29.0 Å². The molecule has 1 heterocycles. The maximum Gasteiger partial charge on any atom is 0.413 e. The van der Waals surface area contributed by atoms with Crippen molar-refractivity contribution in [2.75, 3.05) is 11.9 Å². The Kier molecular flexibility index (Phi) is 7.52. The molecule has 0 spiro atoms. The molecule has 2 unspecified atom stereocenters. The van der Waals surface area contributed by atoms with Crippen LogP contribution in [0, 0.1) is 5.92 Å². The zero-order valence-corrected chi connectivity index (χ0v) is 17.4. The first kappa shape index (κ1) is 22.9. The first-order chi connectivity index (χ1) is 14.1. The number of nitrogens with one attached hydrogen (secondary N) is 1. The van der Waals surface area contributed by atoms with E-state index >= 15 is 0 Å². The van der Waals surface area contributed by atoms with E-state index in [1.54, 1.807) is 64.1 Å². The average Bonchev–Trinajstić information content (AvgIpc) is 2.65. The predicted molar refractivity (Wildman–Crippen MR) is 110 cm³/mol. The van der Waals surface area contributed by atoms with Crippen LogP contribution in [0.4, 0.5) is 10.6 Å². The topological polar surface area (TPSA) is 115 Å². The van der Waals surface area contributed by atoms with Gasteiger partial charge in [0.15, 0.2) is 5.92 Å². The van der Waals surface area contributed by atoms with E-state index in [0.29, 0.717) is 11.1 Å². The minimum absolute atomic E-state index is 0.0706. The maximum absolute atomic E-state index is 12.4. The molecule has 1 aromatic carbocycles. The van der Waals surface area contributed by atoms with Gasteiger partial charge in [-0.1, -0.05) is 36.4 Å². The Morgan fingerprint density at radius 1 is 1.07 bits per heavy atom. The molecule has 0 radical (unpaired) electrons. The van der Waals surface area contributed by atoms with Gasteiger partial charge >= 0.3 is 18.0 Å². The number of aliphatic carboxylic acids is 1. The lowest BCUT2D eigenvalue weighted by atomic mass is 9.81. The monoisotopic (exact) mass is 414 g/mol. The molecule has 2 rings (SSSR count). The number of carboxylic acid groups (broad SMARTS) is 1. The zero-order valence-electron chi connectivity index (χ0n) is 17.4. The highest BCUT2D eigenvalue weighted by Gasteiger charge is 2.38. The Labute approximate surface area is 175 Å². The molecule has 0 saturated carbocycles. The number of nitrogens with zero attached hydrogens (tertiary/aromatic N) is 1. The highest BCUT2D eigenvalue weighted by molar-refractivity contribution is 5.95. The van der Waals surface area contributed by atoms with Crippen molar-refractivity contribution in [3.8, 4) is 0 Å². The molecule has 160 valence electrons. The number of pyridine rings is 1. The Hall–Kier alpha value is -3.42. The van der Waals surface area contributed by atoms with Crippen molar-refractivity contribution in [3.63, 3.8) is 0 Å². The number of benzene rings is 1. The number of ether oxygens (including phenoxy) is 2. The van der Waals surface area contributed by atoms with E-state index in [2.05, 4.69) is 10.3 Å². The summed E-state index contributed by atoms with van der Waals surface area (Å²) in [4.78, 5) is 40.5. The van der Waals surface area contributed by atoms with Crippen LogP contribution in [0.1, 0.15) is 44.7 Å². The molecule has 0 saturated heterocycles. The van der Waals surface area contributed by atoms with Crippen LogP contribution in [0.15, 0.2) is 48.7 Å². The lowest BCUT2D eigenvalue weighted by Crippen LogP contribution is -2.32. The number of carboxylic acids is 1. The quantitative estimate of drug-likeness (QED) is 0.523. The van der Waals surface area contributed by atoms with E-state index in [9.17, 15) is 19.5 Å². The number of hydrogen-bond acceptors (Lipinski definition) is 6. The van der Waals surface area contributed by atoms with Gasteiger partial charge in [-0.25, -0.2) is 9.78 Å². The van der Waals surface area contributed by atoms with E-state index in [1.807, 2.05) is 0 Å². The second-order valence-electron chi connectivity index (χ2n) is 7.56. The van der Waals surface area contributed by atoms with E-state index in [1.165, 1.54) is 12.3 Å². The molecule has 0 aliphatic rings. The summed E-state index contributed by atoms with van der Waals surface area (Å²) in [5.41, 5.74) is 0.473. The van der Waals surface area contributed by atoms with Gasteiger partial charge in [0.05, 0.1) is 6.61 Å². The summed E-state index contributed by atoms with van der Waals surface area (Å²) in [6.45, 7) is 6.92. The Morgan fingerprint density at radius 2 is 1.73 bits per heavy atom. The van der Waals surface area contributed by atoms with Crippen molar-refractivity contribution in [3.05, 3.63) is 59.8 Å². The molecular weight excluding hydrogens is 388 g/mol. The fraction of sp³-hybridized carbons (Fsp3) is 0.364. The normalized spacial score (nSPS) is 13.1. The van der Waals surface area contributed by atoms with Crippen molar-refractivity contribution in [1.29, 1.82) is 0 Å². The fourth-order valence-electron chi connectivity index (χ4n) is 2.92. The van der Waals surface area contributed by atoms with Gasteiger partial charge in [0.2, 0.25) is 0 Å². The summed E-state index contributed by atoms with van der Waals surface area (Å²) in [5, 5.41) is 12.3. The molecule has 0 fully saturated rings. The summed E-state index contributed by atoms with van der Waals surface area (Å²) in [6.07, 6.45) is 0.775. The number of hydrogen-bond donors (Lipinski definition) is 2. The van der Waals surface area contributed by atoms with Gasteiger partial charge in [-0.2, -0.15) is 0 Å². The van der Waals surface area contributed by atoms with E-state index in [-0.39, 0.29) is 12.4 Å². The molecule has 8 nitrogen and oxygen atoms in total. The molecule has 1 amide bonds. The number of aromatic nitrogens is 1. The third-order valence-corrected chi connectivity index (χ3v) is 4.07. The Bertz CT molecular complexity index is 875. The van der Waals surface area contributed by atoms with Gasteiger partial charge in [-0.3, -0.25) is 14.9 Å². The largest absolute Gasteiger partial charge is 0.481 e. The van der Waals surface area contributed by atoms with Gasteiger partial charge < -0.3 is 14.6 Å².